The number of hydrogen-bond donors (Lipinski definition) is 1. The molecule has 1 N–H and O–H groups in total. The number of halogens is 1. The van der Waals surface area contributed by atoms with E-state index in [4.69, 9.17) is 11.6 Å². The Balaban J connectivity index is 2.33. The van der Waals surface area contributed by atoms with Gasteiger partial charge in [-0.15, -0.1) is 11.3 Å². The van der Waals surface area contributed by atoms with Gasteiger partial charge in [0.05, 0.1) is 10.4 Å². The largest absolute Gasteiger partial charge is 0.393 e. The maximum Gasteiger partial charge on any atom is 0.0931 e. The van der Waals surface area contributed by atoms with Gasteiger partial charge in [-0.25, -0.2) is 0 Å². The van der Waals surface area contributed by atoms with Crippen molar-refractivity contribution >= 4 is 22.9 Å². The molecule has 1 aromatic rings. The molecule has 98 valence electrons. The molecule has 0 aliphatic rings. The zero-order valence-corrected chi connectivity index (χ0v) is 12.6. The predicted octanol–water partition coefficient (Wildman–Crippen LogP) is 3.63. The SMILES string of the molecule is CN(CCC(O)C(C)(C)C)Cc1ccc(Cl)s1. The molecule has 4 heteroatoms. The van der Waals surface area contributed by atoms with E-state index in [2.05, 4.69) is 38.8 Å². The van der Waals surface area contributed by atoms with Crippen LogP contribution in [0.3, 0.4) is 0 Å². The molecule has 0 aliphatic heterocycles. The number of hydrogen-bond acceptors (Lipinski definition) is 3. The molecule has 1 aromatic heterocycles. The molecule has 1 unspecified atom stereocenters. The average molecular weight is 276 g/mol. The van der Waals surface area contributed by atoms with Crippen molar-refractivity contribution in [1.82, 2.24) is 4.90 Å². The molecule has 1 rings (SSSR count). The fourth-order valence-electron chi connectivity index (χ4n) is 1.56. The molecule has 0 aliphatic carbocycles. The van der Waals surface area contributed by atoms with Crippen molar-refractivity contribution in [3.05, 3.63) is 21.3 Å². The van der Waals surface area contributed by atoms with Crippen molar-refractivity contribution in [2.45, 2.75) is 39.8 Å². The summed E-state index contributed by atoms with van der Waals surface area (Å²) in [5, 5.41) is 9.96. The van der Waals surface area contributed by atoms with Crippen LogP contribution >= 0.6 is 22.9 Å². The average Bonchev–Trinajstić information content (AvgIpc) is 2.58. The summed E-state index contributed by atoms with van der Waals surface area (Å²) in [6.45, 7) is 7.99. The second-order valence-corrected chi connectivity index (χ2v) is 7.41. The molecule has 0 saturated heterocycles. The van der Waals surface area contributed by atoms with Gasteiger partial charge in [-0.3, -0.25) is 0 Å². The van der Waals surface area contributed by atoms with Crippen LogP contribution in [-0.2, 0) is 6.54 Å². The van der Waals surface area contributed by atoms with Crippen molar-refractivity contribution in [3.8, 4) is 0 Å². The zero-order valence-electron chi connectivity index (χ0n) is 11.0. The predicted molar refractivity (Wildman–Crippen MR) is 75.7 cm³/mol. The van der Waals surface area contributed by atoms with E-state index in [1.165, 1.54) is 4.88 Å². The van der Waals surface area contributed by atoms with Gasteiger partial charge in [0, 0.05) is 18.0 Å². The van der Waals surface area contributed by atoms with Gasteiger partial charge in [0.25, 0.3) is 0 Å². The Morgan fingerprint density at radius 1 is 1.41 bits per heavy atom. The second-order valence-electron chi connectivity index (χ2n) is 5.61. The normalized spacial score (nSPS) is 14.3. The van der Waals surface area contributed by atoms with E-state index in [-0.39, 0.29) is 11.5 Å². The van der Waals surface area contributed by atoms with Crippen molar-refractivity contribution in [2.24, 2.45) is 5.41 Å². The van der Waals surface area contributed by atoms with Crippen molar-refractivity contribution in [2.75, 3.05) is 13.6 Å². The van der Waals surface area contributed by atoms with E-state index in [0.717, 1.165) is 23.8 Å². The van der Waals surface area contributed by atoms with Crippen LogP contribution in [0, 0.1) is 5.41 Å². The Kier molecular flexibility index (Phi) is 5.45. The van der Waals surface area contributed by atoms with Gasteiger partial charge in [0.2, 0.25) is 0 Å². The summed E-state index contributed by atoms with van der Waals surface area (Å²) in [6, 6.07) is 3.99. The Bertz CT molecular complexity index is 345. The zero-order chi connectivity index (χ0) is 13.1. The molecule has 1 atom stereocenters. The van der Waals surface area contributed by atoms with Crippen molar-refractivity contribution in [1.29, 1.82) is 0 Å². The first kappa shape index (κ1) is 15.0. The second kappa shape index (κ2) is 6.19. The van der Waals surface area contributed by atoms with Crippen molar-refractivity contribution < 1.29 is 5.11 Å². The van der Waals surface area contributed by atoms with Gasteiger partial charge < -0.3 is 10.0 Å². The highest BCUT2D eigenvalue weighted by atomic mass is 35.5. The third-order valence-corrected chi connectivity index (χ3v) is 4.05. The summed E-state index contributed by atoms with van der Waals surface area (Å²) in [5.74, 6) is 0. The number of rotatable bonds is 5. The molecule has 17 heavy (non-hydrogen) atoms. The standard InChI is InChI=1S/C13H22ClNOS/c1-13(2,3)11(16)7-8-15(4)9-10-5-6-12(14)17-10/h5-6,11,16H,7-9H2,1-4H3. The first-order chi connectivity index (χ1) is 7.79. The molecule has 0 saturated carbocycles. The number of aliphatic hydroxyl groups excluding tert-OH is 1. The first-order valence-electron chi connectivity index (χ1n) is 5.90. The first-order valence-corrected chi connectivity index (χ1v) is 7.09. The fraction of sp³-hybridized carbons (Fsp3) is 0.692. The number of nitrogens with zero attached hydrogens (tertiary/aromatic N) is 1. The maximum atomic E-state index is 9.96. The van der Waals surface area contributed by atoms with Crippen LogP contribution < -0.4 is 0 Å². The third kappa shape index (κ3) is 5.38. The molecule has 1 heterocycles. The monoisotopic (exact) mass is 275 g/mol. The summed E-state index contributed by atoms with van der Waals surface area (Å²) in [5.41, 5.74) is -0.0346. The van der Waals surface area contributed by atoms with Crippen LogP contribution in [0.4, 0.5) is 0 Å². The van der Waals surface area contributed by atoms with Gasteiger partial charge >= 0.3 is 0 Å². The van der Waals surface area contributed by atoms with E-state index in [0.29, 0.717) is 0 Å². The van der Waals surface area contributed by atoms with Crippen LogP contribution in [0.5, 0.6) is 0 Å². The quantitative estimate of drug-likeness (QED) is 0.887. The topological polar surface area (TPSA) is 23.5 Å². The lowest BCUT2D eigenvalue weighted by atomic mass is 9.87. The Hall–Kier alpha value is -0.0900. The third-order valence-electron chi connectivity index (χ3n) is 2.84. The molecule has 0 bridgehead atoms. The van der Waals surface area contributed by atoms with Gasteiger partial charge in [0.1, 0.15) is 0 Å². The molecular weight excluding hydrogens is 254 g/mol. The Labute approximate surface area is 113 Å². The summed E-state index contributed by atoms with van der Waals surface area (Å²) >= 11 is 7.51. The van der Waals surface area contributed by atoms with Crippen LogP contribution in [0.2, 0.25) is 4.34 Å². The molecular formula is C13H22ClNOS. The lowest BCUT2D eigenvalue weighted by molar-refractivity contribution is 0.0474. The Morgan fingerprint density at radius 2 is 2.06 bits per heavy atom. The van der Waals surface area contributed by atoms with Crippen LogP contribution in [0.1, 0.15) is 32.1 Å². The summed E-state index contributed by atoms with van der Waals surface area (Å²) in [6.07, 6.45) is 0.552. The van der Waals surface area contributed by atoms with E-state index in [1.807, 2.05) is 6.07 Å². The minimum atomic E-state index is -0.253. The molecule has 0 fully saturated rings. The molecule has 0 spiro atoms. The summed E-state index contributed by atoms with van der Waals surface area (Å²) < 4.78 is 0.836. The summed E-state index contributed by atoms with van der Waals surface area (Å²) in [7, 11) is 2.07. The van der Waals surface area contributed by atoms with Crippen LogP contribution in [0.25, 0.3) is 0 Å². The number of aliphatic hydroxyl groups is 1. The fourth-order valence-corrected chi connectivity index (χ4v) is 2.73. The minimum absolute atomic E-state index is 0.0346. The molecule has 2 nitrogen and oxygen atoms in total. The van der Waals surface area contributed by atoms with E-state index in [9.17, 15) is 5.11 Å². The molecule has 0 radical (unpaired) electrons. The highest BCUT2D eigenvalue weighted by Gasteiger charge is 2.21. The molecule has 0 aromatic carbocycles. The van der Waals surface area contributed by atoms with Crippen molar-refractivity contribution in [3.63, 3.8) is 0 Å². The van der Waals surface area contributed by atoms with Gasteiger partial charge in [-0.2, -0.15) is 0 Å². The lowest BCUT2D eigenvalue weighted by Crippen LogP contribution is -2.30. The maximum absolute atomic E-state index is 9.96. The highest BCUT2D eigenvalue weighted by molar-refractivity contribution is 7.16. The number of thiophene rings is 1. The van der Waals surface area contributed by atoms with Crippen LogP contribution in [0.15, 0.2) is 12.1 Å². The lowest BCUT2D eigenvalue weighted by Gasteiger charge is -2.27. The van der Waals surface area contributed by atoms with Gasteiger partial charge in [-0.1, -0.05) is 32.4 Å². The Morgan fingerprint density at radius 3 is 2.53 bits per heavy atom. The molecule has 0 amide bonds. The van der Waals surface area contributed by atoms with E-state index in [1.54, 1.807) is 11.3 Å². The van der Waals surface area contributed by atoms with Gasteiger partial charge in [0.15, 0.2) is 0 Å². The smallest absolute Gasteiger partial charge is 0.0931 e. The van der Waals surface area contributed by atoms with Gasteiger partial charge in [-0.05, 0) is 31.0 Å². The van der Waals surface area contributed by atoms with E-state index >= 15 is 0 Å². The van der Waals surface area contributed by atoms with Crippen LogP contribution in [-0.4, -0.2) is 29.7 Å². The summed E-state index contributed by atoms with van der Waals surface area (Å²) in [4.78, 5) is 3.49. The van der Waals surface area contributed by atoms with E-state index < -0.39 is 0 Å². The highest BCUT2D eigenvalue weighted by Crippen LogP contribution is 2.24. The minimum Gasteiger partial charge on any atom is -0.393 e.